The molecule has 0 spiro atoms. The Balaban J connectivity index is 1.80. The van der Waals surface area contributed by atoms with Crippen molar-refractivity contribution in [3.8, 4) is 0 Å². The molecule has 0 amide bonds. The monoisotopic (exact) mass is 372 g/mol. The highest BCUT2D eigenvalue weighted by molar-refractivity contribution is 7.86. The zero-order valence-corrected chi connectivity index (χ0v) is 14.3. The van der Waals surface area contributed by atoms with E-state index in [1.807, 2.05) is 0 Å². The molecule has 2 saturated carbocycles. The zero-order valence-electron chi connectivity index (χ0n) is 13.5. The van der Waals surface area contributed by atoms with E-state index in [2.05, 4.69) is 6.92 Å². The summed E-state index contributed by atoms with van der Waals surface area (Å²) in [6, 6.07) is 0. The molecule has 2 bridgehead atoms. The molecule has 2 aliphatic rings. The summed E-state index contributed by atoms with van der Waals surface area (Å²) in [5.74, 6) is 0.717. The number of hydrogen-bond acceptors (Lipinski definition) is 4. The van der Waals surface area contributed by atoms with Crippen LogP contribution >= 0.6 is 0 Å². The van der Waals surface area contributed by atoms with Crippen LogP contribution < -0.4 is 0 Å². The van der Waals surface area contributed by atoms with Crippen molar-refractivity contribution < 1.29 is 35.7 Å². The van der Waals surface area contributed by atoms with Crippen LogP contribution in [0.5, 0.6) is 0 Å². The first-order valence-electron chi connectivity index (χ1n) is 8.16. The normalized spacial score (nSPS) is 32.2. The van der Waals surface area contributed by atoms with Crippen molar-refractivity contribution >= 4 is 16.1 Å². The number of rotatable bonds is 6. The van der Waals surface area contributed by atoms with Gasteiger partial charge in [0.05, 0.1) is 12.5 Å². The second-order valence-corrected chi connectivity index (χ2v) is 8.67. The molecule has 24 heavy (non-hydrogen) atoms. The van der Waals surface area contributed by atoms with Gasteiger partial charge in [-0.15, -0.1) is 0 Å². The Bertz CT molecular complexity index is 547. The molecule has 0 aliphatic heterocycles. The third kappa shape index (κ3) is 4.41. The van der Waals surface area contributed by atoms with Crippen molar-refractivity contribution in [2.75, 3.05) is 6.61 Å². The summed E-state index contributed by atoms with van der Waals surface area (Å²) in [5, 5.41) is -4.91. The third-order valence-electron chi connectivity index (χ3n) is 5.03. The summed E-state index contributed by atoms with van der Waals surface area (Å²) in [6.07, 6.45) is 0.490. The fraction of sp³-hybridized carbons (Fsp3) is 0.933. The summed E-state index contributed by atoms with van der Waals surface area (Å²) in [7, 11) is -5.84. The van der Waals surface area contributed by atoms with E-state index in [4.69, 9.17) is 9.29 Å². The lowest BCUT2D eigenvalue weighted by Crippen LogP contribution is -2.39. The van der Waals surface area contributed by atoms with Crippen molar-refractivity contribution in [3.63, 3.8) is 0 Å². The minimum atomic E-state index is -5.84. The van der Waals surface area contributed by atoms with Crippen LogP contribution in [0.25, 0.3) is 0 Å². The molecule has 3 unspecified atom stereocenters. The first-order chi connectivity index (χ1) is 11.0. The number of alkyl halides is 3. The van der Waals surface area contributed by atoms with Crippen molar-refractivity contribution in [1.82, 2.24) is 0 Å². The number of halogens is 3. The molecule has 0 heterocycles. The first-order valence-corrected chi connectivity index (χ1v) is 9.60. The summed E-state index contributed by atoms with van der Waals surface area (Å²) in [6.45, 7) is 1.54. The predicted octanol–water partition coefficient (Wildman–Crippen LogP) is 3.20. The smallest absolute Gasteiger partial charge is 0.400 e. The minimum absolute atomic E-state index is 0.304. The Morgan fingerprint density at radius 2 is 1.75 bits per heavy atom. The van der Waals surface area contributed by atoms with Gasteiger partial charge in [0.1, 0.15) is 0 Å². The number of ether oxygens (including phenoxy) is 1. The lowest BCUT2D eigenvalue weighted by molar-refractivity contribution is -0.152. The molecule has 3 atom stereocenters. The SMILES string of the molecule is CC1CC2CC(C1)CC(C(=O)OCCC(F)C(F)(F)S(=O)(=O)O)C2. The van der Waals surface area contributed by atoms with Gasteiger partial charge >= 0.3 is 21.3 Å². The van der Waals surface area contributed by atoms with Crippen LogP contribution in [0.2, 0.25) is 0 Å². The van der Waals surface area contributed by atoms with Crippen LogP contribution in [0.3, 0.4) is 0 Å². The molecule has 1 N–H and O–H groups in total. The lowest BCUT2D eigenvalue weighted by Gasteiger charge is -2.40. The summed E-state index contributed by atoms with van der Waals surface area (Å²) < 4.78 is 73.5. The summed E-state index contributed by atoms with van der Waals surface area (Å²) in [5.41, 5.74) is 0. The topological polar surface area (TPSA) is 80.7 Å². The van der Waals surface area contributed by atoms with Crippen LogP contribution in [-0.2, 0) is 19.6 Å². The van der Waals surface area contributed by atoms with E-state index in [1.54, 1.807) is 0 Å². The second-order valence-electron chi connectivity index (χ2n) is 7.17. The van der Waals surface area contributed by atoms with Crippen molar-refractivity contribution in [2.24, 2.45) is 23.7 Å². The fourth-order valence-corrected chi connectivity index (χ4v) is 4.53. The molecule has 9 heteroatoms. The molecule has 2 fully saturated rings. The van der Waals surface area contributed by atoms with Crippen LogP contribution in [0.15, 0.2) is 0 Å². The molecule has 0 aromatic rings. The van der Waals surface area contributed by atoms with Crippen LogP contribution in [0.1, 0.15) is 45.4 Å². The number of fused-ring (bicyclic) bond motifs is 2. The Hall–Kier alpha value is -0.830. The van der Waals surface area contributed by atoms with Gasteiger partial charge in [-0.3, -0.25) is 9.35 Å². The van der Waals surface area contributed by atoms with Gasteiger partial charge in [-0.05, 0) is 49.9 Å². The maximum absolute atomic E-state index is 13.3. The van der Waals surface area contributed by atoms with E-state index in [0.717, 1.165) is 19.3 Å². The van der Waals surface area contributed by atoms with Gasteiger partial charge in [-0.2, -0.15) is 17.2 Å². The van der Waals surface area contributed by atoms with Crippen LogP contribution in [0, 0.1) is 23.7 Å². The van der Waals surface area contributed by atoms with Crippen molar-refractivity contribution in [1.29, 1.82) is 0 Å². The maximum atomic E-state index is 13.3. The highest BCUT2D eigenvalue weighted by Gasteiger charge is 2.52. The van der Waals surface area contributed by atoms with Crippen molar-refractivity contribution in [2.45, 2.75) is 56.9 Å². The van der Waals surface area contributed by atoms with Crippen LogP contribution in [0.4, 0.5) is 13.2 Å². The Morgan fingerprint density at radius 1 is 1.21 bits per heavy atom. The van der Waals surface area contributed by atoms with Gasteiger partial charge in [0.25, 0.3) is 0 Å². The molecule has 0 radical (unpaired) electrons. The second kappa shape index (κ2) is 7.19. The van der Waals surface area contributed by atoms with E-state index in [9.17, 15) is 26.4 Å². The molecule has 0 saturated heterocycles. The van der Waals surface area contributed by atoms with Gasteiger partial charge in [-0.1, -0.05) is 6.92 Å². The first kappa shape index (κ1) is 19.5. The highest BCUT2D eigenvalue weighted by Crippen LogP contribution is 2.45. The van der Waals surface area contributed by atoms with Crippen molar-refractivity contribution in [3.05, 3.63) is 0 Å². The standard InChI is InChI=1S/C15H23F3O5S/c1-9-4-10-6-11(5-9)8-12(7-10)14(19)23-3-2-13(16)15(17,18)24(20,21)22/h9-13H,2-8H2,1H3,(H,20,21,22). The number of hydrogen-bond donors (Lipinski definition) is 1. The minimum Gasteiger partial charge on any atom is -0.465 e. The summed E-state index contributed by atoms with van der Waals surface area (Å²) >= 11 is 0. The number of carbonyl (C=O) groups is 1. The fourth-order valence-electron chi connectivity index (χ4n) is 4.09. The average Bonchev–Trinajstić information content (AvgIpc) is 2.44. The van der Waals surface area contributed by atoms with Crippen LogP contribution in [-0.4, -0.2) is 37.0 Å². The Kier molecular flexibility index (Phi) is 5.84. The quantitative estimate of drug-likeness (QED) is 0.572. The zero-order chi connectivity index (χ0) is 18.1. The average molecular weight is 372 g/mol. The van der Waals surface area contributed by atoms with Gasteiger partial charge < -0.3 is 4.74 Å². The largest absolute Gasteiger partial charge is 0.465 e. The molecule has 140 valence electrons. The molecule has 0 aromatic heterocycles. The highest BCUT2D eigenvalue weighted by atomic mass is 32.2. The Labute approximate surface area is 139 Å². The van der Waals surface area contributed by atoms with E-state index in [1.165, 1.54) is 0 Å². The van der Waals surface area contributed by atoms with E-state index in [0.29, 0.717) is 30.6 Å². The van der Waals surface area contributed by atoms with Gasteiger partial charge in [0.2, 0.25) is 0 Å². The summed E-state index contributed by atoms with van der Waals surface area (Å²) in [4.78, 5) is 12.0. The Morgan fingerprint density at radius 3 is 2.25 bits per heavy atom. The van der Waals surface area contributed by atoms with E-state index >= 15 is 0 Å². The number of carbonyl (C=O) groups excluding carboxylic acids is 1. The molecule has 2 aliphatic carbocycles. The molecule has 5 nitrogen and oxygen atoms in total. The van der Waals surface area contributed by atoms with E-state index < -0.39 is 40.5 Å². The molecule has 2 rings (SSSR count). The molecular formula is C15H23F3O5S. The predicted molar refractivity (Wildman–Crippen MR) is 79.7 cm³/mol. The van der Waals surface area contributed by atoms with Gasteiger partial charge in [-0.25, -0.2) is 4.39 Å². The lowest BCUT2D eigenvalue weighted by atomic mass is 9.65. The maximum Gasteiger partial charge on any atom is 0.400 e. The van der Waals surface area contributed by atoms with Gasteiger partial charge in [0.15, 0.2) is 6.17 Å². The molecular weight excluding hydrogens is 349 g/mol. The van der Waals surface area contributed by atoms with Gasteiger partial charge in [0, 0.05) is 6.42 Å². The molecule has 0 aromatic carbocycles. The number of esters is 1. The third-order valence-corrected chi connectivity index (χ3v) is 5.97. The van der Waals surface area contributed by atoms with E-state index in [-0.39, 0.29) is 5.92 Å².